The van der Waals surface area contributed by atoms with Crippen molar-refractivity contribution in [1.82, 2.24) is 14.9 Å². The summed E-state index contributed by atoms with van der Waals surface area (Å²) in [5.41, 5.74) is 3.90. The largest absolute Gasteiger partial charge is 0.334 e. The Morgan fingerprint density at radius 3 is 2.67 bits per heavy atom. The number of hydrogen-bond donors (Lipinski definition) is 1. The Morgan fingerprint density at radius 2 is 1.90 bits per heavy atom. The Balaban J connectivity index is 1.48. The van der Waals surface area contributed by atoms with Crippen LogP contribution in [0.25, 0.3) is 22.8 Å². The zero-order chi connectivity index (χ0) is 21.0. The van der Waals surface area contributed by atoms with Crippen LogP contribution in [0, 0.1) is 6.92 Å². The second-order valence-electron chi connectivity index (χ2n) is 7.57. The van der Waals surface area contributed by atoms with Crippen LogP contribution in [0.5, 0.6) is 0 Å². The molecule has 3 aromatic rings. The lowest BCUT2D eigenvalue weighted by Crippen LogP contribution is -2.25. The molecule has 2 aromatic carbocycles. The molecule has 0 spiro atoms. The maximum Gasteiger partial charge on any atom is 0.258 e. The Labute approximate surface area is 177 Å². The van der Waals surface area contributed by atoms with Gasteiger partial charge in [-0.25, -0.2) is 13.1 Å². The van der Waals surface area contributed by atoms with Gasteiger partial charge in [0.25, 0.3) is 5.89 Å². The fraction of sp³-hybridized carbons (Fsp3) is 0.304. The minimum Gasteiger partial charge on any atom is -0.334 e. The minimum atomic E-state index is -3.61. The molecule has 7 heteroatoms. The molecule has 6 nitrogen and oxygen atoms in total. The Morgan fingerprint density at radius 1 is 1.07 bits per heavy atom. The Kier molecular flexibility index (Phi) is 6.11. The molecular weight excluding hydrogens is 398 g/mol. The van der Waals surface area contributed by atoms with E-state index in [0.717, 1.165) is 30.4 Å². The third kappa shape index (κ3) is 4.86. The predicted molar refractivity (Wildman–Crippen MR) is 116 cm³/mol. The highest BCUT2D eigenvalue weighted by Crippen LogP contribution is 2.25. The van der Waals surface area contributed by atoms with E-state index in [1.807, 2.05) is 31.2 Å². The molecule has 1 N–H and O–H groups in total. The van der Waals surface area contributed by atoms with Crippen molar-refractivity contribution in [2.75, 3.05) is 6.54 Å². The molecule has 1 aliphatic carbocycles. The molecule has 0 saturated carbocycles. The van der Waals surface area contributed by atoms with Crippen molar-refractivity contribution in [3.05, 3.63) is 65.7 Å². The molecule has 0 amide bonds. The molecule has 0 aliphatic heterocycles. The van der Waals surface area contributed by atoms with Crippen LogP contribution >= 0.6 is 0 Å². The molecule has 0 bridgehead atoms. The SMILES string of the molecule is Cc1ccc(-c2noc(-c3cccc(S(=O)(=O)NCCC4=CCCCC4)c3)n2)cc1. The first-order valence-electron chi connectivity index (χ1n) is 10.2. The molecule has 30 heavy (non-hydrogen) atoms. The van der Waals surface area contributed by atoms with E-state index in [2.05, 4.69) is 20.9 Å². The van der Waals surface area contributed by atoms with E-state index >= 15 is 0 Å². The van der Waals surface area contributed by atoms with Crippen molar-refractivity contribution >= 4 is 10.0 Å². The Hall–Kier alpha value is -2.77. The number of aryl methyl sites for hydroxylation is 1. The highest BCUT2D eigenvalue weighted by atomic mass is 32.2. The molecule has 156 valence electrons. The summed E-state index contributed by atoms with van der Waals surface area (Å²) < 4.78 is 33.5. The zero-order valence-electron chi connectivity index (χ0n) is 17.0. The second-order valence-corrected chi connectivity index (χ2v) is 9.34. The van der Waals surface area contributed by atoms with Gasteiger partial charge in [-0.2, -0.15) is 4.98 Å². The van der Waals surface area contributed by atoms with E-state index in [0.29, 0.717) is 17.9 Å². The van der Waals surface area contributed by atoms with Crippen molar-refractivity contribution in [1.29, 1.82) is 0 Å². The summed E-state index contributed by atoms with van der Waals surface area (Å²) in [6.45, 7) is 2.41. The highest BCUT2D eigenvalue weighted by molar-refractivity contribution is 7.89. The third-order valence-electron chi connectivity index (χ3n) is 5.25. The van der Waals surface area contributed by atoms with Gasteiger partial charge >= 0.3 is 0 Å². The van der Waals surface area contributed by atoms with E-state index in [9.17, 15) is 8.42 Å². The van der Waals surface area contributed by atoms with Crippen LogP contribution in [0.2, 0.25) is 0 Å². The van der Waals surface area contributed by atoms with Crippen LogP contribution in [-0.4, -0.2) is 25.1 Å². The lowest BCUT2D eigenvalue weighted by atomic mass is 9.97. The van der Waals surface area contributed by atoms with E-state index in [1.165, 1.54) is 18.4 Å². The van der Waals surface area contributed by atoms with Crippen LogP contribution in [0.15, 0.2) is 69.6 Å². The summed E-state index contributed by atoms with van der Waals surface area (Å²) in [5.74, 6) is 0.757. The summed E-state index contributed by atoms with van der Waals surface area (Å²) in [6, 6.07) is 14.4. The van der Waals surface area contributed by atoms with Crippen LogP contribution in [0.4, 0.5) is 0 Å². The zero-order valence-corrected chi connectivity index (χ0v) is 17.8. The number of aromatic nitrogens is 2. The fourth-order valence-electron chi connectivity index (χ4n) is 3.52. The van der Waals surface area contributed by atoms with Gasteiger partial charge in [-0.05, 0) is 57.2 Å². The van der Waals surface area contributed by atoms with Gasteiger partial charge < -0.3 is 4.52 Å². The standard InChI is InChI=1S/C23H25N3O3S/c1-17-10-12-19(13-11-17)22-25-23(29-26-22)20-8-5-9-21(16-20)30(27,28)24-15-14-18-6-3-2-4-7-18/h5-6,8-13,16,24H,2-4,7,14-15H2,1H3. The van der Waals surface area contributed by atoms with Gasteiger partial charge in [0.2, 0.25) is 15.8 Å². The van der Waals surface area contributed by atoms with Gasteiger partial charge in [0.05, 0.1) is 4.90 Å². The lowest BCUT2D eigenvalue weighted by Gasteiger charge is -2.13. The van der Waals surface area contributed by atoms with E-state index in [1.54, 1.807) is 24.3 Å². The molecule has 4 rings (SSSR count). The minimum absolute atomic E-state index is 0.188. The van der Waals surface area contributed by atoms with Gasteiger partial charge in [0, 0.05) is 17.7 Å². The van der Waals surface area contributed by atoms with Gasteiger partial charge in [0.15, 0.2) is 0 Å². The smallest absolute Gasteiger partial charge is 0.258 e. The number of nitrogens with one attached hydrogen (secondary N) is 1. The van der Waals surface area contributed by atoms with Crippen LogP contribution < -0.4 is 4.72 Å². The van der Waals surface area contributed by atoms with Gasteiger partial charge in [-0.15, -0.1) is 0 Å². The third-order valence-corrected chi connectivity index (χ3v) is 6.71. The molecule has 0 unspecified atom stereocenters. The predicted octanol–water partition coefficient (Wildman–Crippen LogP) is 4.88. The van der Waals surface area contributed by atoms with Crippen molar-refractivity contribution in [2.45, 2.75) is 43.9 Å². The fourth-order valence-corrected chi connectivity index (χ4v) is 4.60. The average molecular weight is 424 g/mol. The number of allylic oxidation sites excluding steroid dienone is 1. The van der Waals surface area contributed by atoms with Crippen molar-refractivity contribution in [3.63, 3.8) is 0 Å². The highest BCUT2D eigenvalue weighted by Gasteiger charge is 2.17. The maximum absolute atomic E-state index is 12.7. The van der Waals surface area contributed by atoms with Crippen molar-refractivity contribution in [2.24, 2.45) is 0 Å². The summed E-state index contributed by atoms with van der Waals surface area (Å²) in [5, 5.41) is 4.03. The molecule has 1 aromatic heterocycles. The normalized spacial score (nSPS) is 14.5. The number of sulfonamides is 1. The van der Waals surface area contributed by atoms with Gasteiger partial charge in [-0.3, -0.25) is 0 Å². The van der Waals surface area contributed by atoms with Crippen LogP contribution in [0.1, 0.15) is 37.7 Å². The number of benzene rings is 2. The van der Waals surface area contributed by atoms with Crippen molar-refractivity contribution < 1.29 is 12.9 Å². The molecule has 1 aliphatic rings. The topological polar surface area (TPSA) is 85.1 Å². The first kappa shape index (κ1) is 20.5. The van der Waals surface area contributed by atoms with Crippen LogP contribution in [-0.2, 0) is 10.0 Å². The summed E-state index contributed by atoms with van der Waals surface area (Å²) in [6.07, 6.45) is 7.57. The molecule has 1 heterocycles. The molecule has 0 radical (unpaired) electrons. The number of hydrogen-bond acceptors (Lipinski definition) is 5. The first-order chi connectivity index (χ1) is 14.5. The lowest BCUT2D eigenvalue weighted by molar-refractivity contribution is 0.432. The van der Waals surface area contributed by atoms with Gasteiger partial charge in [0.1, 0.15) is 0 Å². The number of rotatable bonds is 7. The molecule has 0 fully saturated rings. The van der Waals surface area contributed by atoms with E-state index < -0.39 is 10.0 Å². The Bertz CT molecular complexity index is 1150. The first-order valence-corrected chi connectivity index (χ1v) is 11.7. The summed E-state index contributed by atoms with van der Waals surface area (Å²) >= 11 is 0. The quantitative estimate of drug-likeness (QED) is 0.548. The number of nitrogens with zero attached hydrogens (tertiary/aromatic N) is 2. The van der Waals surface area contributed by atoms with Crippen molar-refractivity contribution in [3.8, 4) is 22.8 Å². The van der Waals surface area contributed by atoms with E-state index in [4.69, 9.17) is 4.52 Å². The molecule has 0 saturated heterocycles. The maximum atomic E-state index is 12.7. The molecular formula is C23H25N3O3S. The molecule has 0 atom stereocenters. The summed E-state index contributed by atoms with van der Waals surface area (Å²) in [4.78, 5) is 4.61. The monoisotopic (exact) mass is 423 g/mol. The van der Waals surface area contributed by atoms with Gasteiger partial charge in [-0.1, -0.05) is 52.7 Å². The second kappa shape index (κ2) is 8.93. The van der Waals surface area contributed by atoms with Crippen LogP contribution in [0.3, 0.4) is 0 Å². The average Bonchev–Trinajstić information content (AvgIpc) is 3.25. The summed E-state index contributed by atoms with van der Waals surface area (Å²) in [7, 11) is -3.61. The van der Waals surface area contributed by atoms with E-state index in [-0.39, 0.29) is 10.8 Å².